The van der Waals surface area contributed by atoms with Gasteiger partial charge in [-0.2, -0.15) is 0 Å². The quantitative estimate of drug-likeness (QED) is 0.261. The summed E-state index contributed by atoms with van der Waals surface area (Å²) in [5.74, 6) is 10.4. The molecule has 10 aliphatic carbocycles. The van der Waals surface area contributed by atoms with Crippen LogP contribution >= 0.6 is 11.8 Å². The van der Waals surface area contributed by atoms with Crippen LogP contribution in [0.1, 0.15) is 157 Å². The van der Waals surface area contributed by atoms with Crippen LogP contribution in [0, 0.1) is 71.0 Å². The number of allylic oxidation sites excluding steroid dienone is 14. The Kier molecular flexibility index (Phi) is 11.1. The molecule has 334 valence electrons. The van der Waals surface area contributed by atoms with Gasteiger partial charge in [-0.15, -0.1) is 11.8 Å². The molecule has 15 unspecified atom stereocenters. The second-order valence-corrected chi connectivity index (χ2v) is 24.7. The Morgan fingerprint density at radius 2 is 1.61 bits per heavy atom. The second-order valence-electron chi connectivity index (χ2n) is 23.4. The van der Waals surface area contributed by atoms with Crippen LogP contribution in [-0.4, -0.2) is 5.25 Å². The highest BCUT2D eigenvalue weighted by atomic mass is 32.2. The molecule has 0 saturated heterocycles. The van der Waals surface area contributed by atoms with Crippen molar-refractivity contribution in [2.75, 3.05) is 0 Å². The number of fused-ring (bicyclic) bond motifs is 14. The highest BCUT2D eigenvalue weighted by Gasteiger charge is 2.68. The lowest BCUT2D eigenvalue weighted by Crippen LogP contribution is -2.52. The van der Waals surface area contributed by atoms with E-state index in [1.807, 2.05) is 11.1 Å². The van der Waals surface area contributed by atoms with Crippen molar-refractivity contribution in [1.29, 1.82) is 0 Å². The van der Waals surface area contributed by atoms with Crippen LogP contribution in [0.15, 0.2) is 136 Å². The molecule has 1 aliphatic heterocycles. The molecule has 2 aromatic carbocycles. The summed E-state index contributed by atoms with van der Waals surface area (Å²) in [5, 5.41) is 0.716. The third-order valence-electron chi connectivity index (χ3n) is 20.9. The van der Waals surface area contributed by atoms with Crippen molar-refractivity contribution >= 4 is 11.8 Å². The lowest BCUT2D eigenvalue weighted by molar-refractivity contribution is 0.0784. The van der Waals surface area contributed by atoms with Crippen LogP contribution in [0.5, 0.6) is 0 Å². The van der Waals surface area contributed by atoms with E-state index in [1.54, 1.807) is 27.2 Å². The van der Waals surface area contributed by atoms with Crippen LogP contribution in [0.25, 0.3) is 0 Å². The van der Waals surface area contributed by atoms with Gasteiger partial charge in [0.1, 0.15) is 0 Å². The summed E-state index contributed by atoms with van der Waals surface area (Å²) in [7, 11) is 0. The molecule has 0 amide bonds. The lowest BCUT2D eigenvalue weighted by atomic mass is 9.52. The molecular weight excluding hydrogens is 789 g/mol. The maximum absolute atomic E-state index is 2.85. The Hall–Kier alpha value is -3.03. The molecule has 1 heterocycles. The van der Waals surface area contributed by atoms with Crippen LogP contribution in [0.3, 0.4) is 0 Å². The standard InChI is InChI=1S/C63H76S/c1-2-13-42(14-3-1)43-29-31-47(32-30-43)55(53-20-12-17-48-34-33-45-15-4-6-18-50(45)61(48)53)39-41-25-27-44(28-26-41)49-36-37-52-54-38-35-46-16-5-7-19-51(46)62(54)63(58(52)40-49)56-21-8-10-23-59(56)64-60-24-11-9-22-57(60)63/h2,5,7-10,13-14,16,18-19,21-23,25,27,29,31,41,44-45,48-49,52-55,57-58,60-62H,1,3-4,6,11-12,15,17,20,24,26,28,30,32-40H2. The third kappa shape index (κ3) is 6.86. The Labute approximate surface area is 391 Å². The predicted octanol–water partition coefficient (Wildman–Crippen LogP) is 16.8. The van der Waals surface area contributed by atoms with Crippen LogP contribution in [0.2, 0.25) is 0 Å². The molecule has 11 aliphatic rings. The van der Waals surface area contributed by atoms with Gasteiger partial charge in [-0.1, -0.05) is 121 Å². The first-order valence-corrected chi connectivity index (χ1v) is 28.3. The van der Waals surface area contributed by atoms with Crippen molar-refractivity contribution in [1.82, 2.24) is 0 Å². The minimum absolute atomic E-state index is 0.220. The van der Waals surface area contributed by atoms with Gasteiger partial charge in [0.15, 0.2) is 0 Å². The molecule has 15 atom stereocenters. The van der Waals surface area contributed by atoms with Crippen molar-refractivity contribution < 1.29 is 0 Å². The van der Waals surface area contributed by atoms with Crippen LogP contribution in [0.4, 0.5) is 0 Å². The highest BCUT2D eigenvalue weighted by molar-refractivity contribution is 8.00. The number of hydrogen-bond donors (Lipinski definition) is 0. The number of hydrogen-bond acceptors (Lipinski definition) is 1. The summed E-state index contributed by atoms with van der Waals surface area (Å²) in [4.78, 5) is 1.63. The van der Waals surface area contributed by atoms with Gasteiger partial charge in [-0.05, 0) is 246 Å². The van der Waals surface area contributed by atoms with Crippen molar-refractivity contribution in [3.05, 3.63) is 148 Å². The summed E-state index contributed by atoms with van der Waals surface area (Å²) in [5.41, 5.74) is 12.3. The van der Waals surface area contributed by atoms with E-state index in [9.17, 15) is 0 Å². The van der Waals surface area contributed by atoms with Gasteiger partial charge in [-0.3, -0.25) is 0 Å². The zero-order chi connectivity index (χ0) is 42.2. The van der Waals surface area contributed by atoms with E-state index < -0.39 is 0 Å². The van der Waals surface area contributed by atoms with Crippen molar-refractivity contribution in [2.24, 2.45) is 71.0 Å². The molecule has 64 heavy (non-hydrogen) atoms. The average molecular weight is 865 g/mol. The van der Waals surface area contributed by atoms with Crippen LogP contribution in [-0.2, 0) is 11.8 Å². The topological polar surface area (TPSA) is 0 Å². The first kappa shape index (κ1) is 41.2. The van der Waals surface area contributed by atoms with Gasteiger partial charge in [-0.25, -0.2) is 0 Å². The largest absolute Gasteiger partial charge is 0.122 e. The molecular formula is C63H76S. The van der Waals surface area contributed by atoms with E-state index in [2.05, 4.69) is 121 Å². The van der Waals surface area contributed by atoms with Gasteiger partial charge < -0.3 is 0 Å². The Morgan fingerprint density at radius 1 is 0.672 bits per heavy atom. The molecule has 0 aromatic heterocycles. The van der Waals surface area contributed by atoms with E-state index in [4.69, 9.17) is 0 Å². The normalized spacial score (nSPS) is 41.1. The zero-order valence-corrected chi connectivity index (χ0v) is 39.8. The van der Waals surface area contributed by atoms with Gasteiger partial charge in [0, 0.05) is 15.6 Å². The fraction of sp³-hybridized carbons (Fsp3) is 0.587. The lowest BCUT2D eigenvalue weighted by Gasteiger charge is -2.56. The van der Waals surface area contributed by atoms with Gasteiger partial charge >= 0.3 is 0 Å². The molecule has 4 fully saturated rings. The predicted molar refractivity (Wildman–Crippen MR) is 269 cm³/mol. The third-order valence-corrected chi connectivity index (χ3v) is 22.3. The van der Waals surface area contributed by atoms with Crippen molar-refractivity contribution in [3.63, 3.8) is 0 Å². The zero-order valence-electron chi connectivity index (χ0n) is 38.9. The minimum Gasteiger partial charge on any atom is -0.122 e. The van der Waals surface area contributed by atoms with E-state index in [1.165, 1.54) is 147 Å². The summed E-state index contributed by atoms with van der Waals surface area (Å²) >= 11 is 2.26. The summed E-state index contributed by atoms with van der Waals surface area (Å²) in [6.07, 6.45) is 57.0. The first-order valence-electron chi connectivity index (χ1n) is 27.4. The molecule has 0 nitrogen and oxygen atoms in total. The molecule has 1 heteroatoms. The first-order chi connectivity index (χ1) is 31.7. The minimum atomic E-state index is 0.220. The molecule has 2 aromatic rings. The number of thioether (sulfide) groups is 1. The van der Waals surface area contributed by atoms with E-state index >= 15 is 0 Å². The molecule has 0 N–H and O–H groups in total. The summed E-state index contributed by atoms with van der Waals surface area (Å²) < 4.78 is 0. The van der Waals surface area contributed by atoms with Gasteiger partial charge in [0.05, 0.1) is 0 Å². The molecule has 4 saturated carbocycles. The SMILES string of the molecule is C1=CC(C2=CC=C(C(CC3C=CC(C4CCC5C6CCc7ccccc7C6C6(c7ccccc7SC7CCC=CC76)C5C4)CC3)C3CCCC4CCC5CCCC=C5C43)CC2)=CCC1. The molecule has 1 spiro atoms. The summed E-state index contributed by atoms with van der Waals surface area (Å²) in [6.45, 7) is 0. The van der Waals surface area contributed by atoms with Gasteiger partial charge in [0.2, 0.25) is 0 Å². The Bertz CT molecular complexity index is 2310. The maximum Gasteiger partial charge on any atom is 0.0169 e. The summed E-state index contributed by atoms with van der Waals surface area (Å²) in [6, 6.07) is 19.8. The highest BCUT2D eigenvalue weighted by Crippen LogP contribution is 2.74. The molecule has 0 bridgehead atoms. The maximum atomic E-state index is 2.85. The second kappa shape index (κ2) is 17.2. The number of aryl methyl sites for hydroxylation is 1. The smallest absolute Gasteiger partial charge is 0.0169 e. The van der Waals surface area contributed by atoms with E-state index in [0.717, 1.165) is 65.1 Å². The molecule has 13 rings (SSSR count). The fourth-order valence-electron chi connectivity index (χ4n) is 18.5. The van der Waals surface area contributed by atoms with Crippen LogP contribution < -0.4 is 0 Å². The van der Waals surface area contributed by atoms with Crippen molar-refractivity contribution in [3.8, 4) is 0 Å². The van der Waals surface area contributed by atoms with E-state index in [0.29, 0.717) is 17.1 Å². The Balaban J connectivity index is 0.807. The van der Waals surface area contributed by atoms with Crippen molar-refractivity contribution in [2.45, 2.75) is 163 Å². The average Bonchev–Trinajstić information content (AvgIpc) is 3.66. The van der Waals surface area contributed by atoms with Gasteiger partial charge in [0.25, 0.3) is 0 Å². The monoisotopic (exact) mass is 865 g/mol. The molecule has 0 radical (unpaired) electrons. The number of benzene rings is 2. The Morgan fingerprint density at radius 3 is 2.52 bits per heavy atom. The fourth-order valence-corrected chi connectivity index (χ4v) is 20.0. The van der Waals surface area contributed by atoms with E-state index in [-0.39, 0.29) is 5.41 Å². The number of rotatable bonds is 6.